The topological polar surface area (TPSA) is 42.6 Å². The smallest absolute Gasteiger partial charge is 0.168 e. The van der Waals surface area contributed by atoms with Gasteiger partial charge in [-0.3, -0.25) is 4.57 Å². The van der Waals surface area contributed by atoms with Crippen LogP contribution in [0.2, 0.25) is 0 Å². The van der Waals surface area contributed by atoms with Crippen molar-refractivity contribution < 1.29 is 4.74 Å². The van der Waals surface area contributed by atoms with E-state index in [9.17, 15) is 0 Å². The van der Waals surface area contributed by atoms with E-state index in [1.807, 2.05) is 63.0 Å². The van der Waals surface area contributed by atoms with Crippen LogP contribution in [0.3, 0.4) is 0 Å². The number of hydrogen-bond acceptors (Lipinski definition) is 4. The molecule has 0 aliphatic rings. The number of imidazole rings is 1. The first-order valence-corrected chi connectivity index (χ1v) is 6.58. The van der Waals surface area contributed by atoms with E-state index >= 15 is 0 Å². The number of ether oxygens (including phenoxy) is 1. The van der Waals surface area contributed by atoms with Crippen LogP contribution in [0.1, 0.15) is 19.4 Å². The van der Waals surface area contributed by atoms with Gasteiger partial charge in [0.2, 0.25) is 0 Å². The predicted octanol–water partition coefficient (Wildman–Crippen LogP) is 2.44. The molecular weight excluding hydrogens is 252 g/mol. The second kappa shape index (κ2) is 6.23. The van der Waals surface area contributed by atoms with E-state index in [2.05, 4.69) is 10.1 Å². The lowest BCUT2D eigenvalue weighted by Crippen LogP contribution is -2.19. The Bertz CT molecular complexity index is 573. The number of rotatable bonds is 4. The van der Waals surface area contributed by atoms with Crippen molar-refractivity contribution >= 4 is 5.84 Å². The molecule has 0 aliphatic heterocycles. The van der Waals surface area contributed by atoms with Gasteiger partial charge in [0.15, 0.2) is 5.84 Å². The number of hydrogen-bond donors (Lipinski definition) is 0. The molecule has 5 nitrogen and oxygen atoms in total. The van der Waals surface area contributed by atoms with Crippen LogP contribution >= 0.6 is 0 Å². The lowest BCUT2D eigenvalue weighted by Gasteiger charge is -2.17. The molecule has 0 fully saturated rings. The Balaban J connectivity index is 2.50. The van der Waals surface area contributed by atoms with E-state index in [1.54, 1.807) is 17.5 Å². The second-order valence-electron chi connectivity index (χ2n) is 4.90. The first-order chi connectivity index (χ1) is 9.58. The van der Waals surface area contributed by atoms with Crippen molar-refractivity contribution in [2.75, 3.05) is 14.1 Å². The third-order valence-corrected chi connectivity index (χ3v) is 2.53. The largest absolute Gasteiger partial charge is 0.490 e. The molecule has 0 unspecified atom stereocenters. The number of para-hydroxylation sites is 1. The molecular formula is C15H20N4O. The van der Waals surface area contributed by atoms with Gasteiger partial charge >= 0.3 is 0 Å². The highest BCUT2D eigenvalue weighted by atomic mass is 16.5. The van der Waals surface area contributed by atoms with Crippen molar-refractivity contribution in [3.63, 3.8) is 0 Å². The summed E-state index contributed by atoms with van der Waals surface area (Å²) in [5.41, 5.74) is 0.938. The molecule has 20 heavy (non-hydrogen) atoms. The second-order valence-corrected chi connectivity index (χ2v) is 4.90. The predicted molar refractivity (Wildman–Crippen MR) is 80.1 cm³/mol. The molecule has 0 saturated carbocycles. The maximum absolute atomic E-state index is 5.87. The fourth-order valence-corrected chi connectivity index (χ4v) is 1.83. The number of hydrazone groups is 1. The van der Waals surface area contributed by atoms with Gasteiger partial charge < -0.3 is 9.75 Å². The third-order valence-electron chi connectivity index (χ3n) is 2.53. The molecule has 5 heteroatoms. The van der Waals surface area contributed by atoms with Crippen LogP contribution < -0.4 is 4.74 Å². The first-order valence-electron chi connectivity index (χ1n) is 6.58. The van der Waals surface area contributed by atoms with Gasteiger partial charge in [0.1, 0.15) is 12.1 Å². The fraction of sp³-hybridized carbons (Fsp3) is 0.333. The standard InChI is InChI=1S/C15H20N4O/c1-12(2)20-14-8-6-5-7-13(14)15(17-18(3)4)19-10-9-16-11-19/h5-12H,1-4H3/b17-15-. The zero-order chi connectivity index (χ0) is 14.5. The van der Waals surface area contributed by atoms with Gasteiger partial charge in [-0.1, -0.05) is 12.1 Å². The molecule has 2 aromatic rings. The molecule has 0 aliphatic carbocycles. The summed E-state index contributed by atoms with van der Waals surface area (Å²) in [6.45, 7) is 4.02. The molecule has 0 radical (unpaired) electrons. The van der Waals surface area contributed by atoms with E-state index in [4.69, 9.17) is 4.74 Å². The SMILES string of the molecule is CC(C)Oc1ccccc1/C(=N/N(C)C)n1ccnc1. The highest BCUT2D eigenvalue weighted by Gasteiger charge is 2.13. The van der Waals surface area contributed by atoms with Gasteiger partial charge in [0.25, 0.3) is 0 Å². The highest BCUT2D eigenvalue weighted by molar-refractivity contribution is 6.02. The Labute approximate surface area is 119 Å². The monoisotopic (exact) mass is 272 g/mol. The molecule has 1 aromatic carbocycles. The van der Waals surface area contributed by atoms with Crippen LogP contribution in [-0.4, -0.2) is 40.6 Å². The van der Waals surface area contributed by atoms with Gasteiger partial charge in [-0.05, 0) is 26.0 Å². The van der Waals surface area contributed by atoms with Crippen LogP contribution in [0, 0.1) is 0 Å². The van der Waals surface area contributed by atoms with E-state index in [0.717, 1.165) is 17.1 Å². The lowest BCUT2D eigenvalue weighted by molar-refractivity contribution is 0.242. The molecule has 0 atom stereocenters. The molecule has 0 bridgehead atoms. The minimum Gasteiger partial charge on any atom is -0.490 e. The molecule has 0 amide bonds. The Hall–Kier alpha value is -2.30. The van der Waals surface area contributed by atoms with Crippen LogP contribution in [0.5, 0.6) is 5.75 Å². The summed E-state index contributed by atoms with van der Waals surface area (Å²) in [4.78, 5) is 4.09. The van der Waals surface area contributed by atoms with Crippen LogP contribution in [0.15, 0.2) is 48.1 Å². The van der Waals surface area contributed by atoms with Gasteiger partial charge in [0.05, 0.1) is 11.7 Å². The Morgan fingerprint density at radius 3 is 2.65 bits per heavy atom. The normalized spacial score (nSPS) is 11.8. The summed E-state index contributed by atoms with van der Waals surface area (Å²) in [6.07, 6.45) is 5.44. The summed E-state index contributed by atoms with van der Waals surface area (Å²) in [5, 5.41) is 6.32. The molecule has 0 saturated heterocycles. The maximum Gasteiger partial charge on any atom is 0.168 e. The number of benzene rings is 1. The fourth-order valence-electron chi connectivity index (χ4n) is 1.83. The van der Waals surface area contributed by atoms with Gasteiger partial charge in [0, 0.05) is 26.5 Å². The third kappa shape index (κ3) is 3.38. The van der Waals surface area contributed by atoms with E-state index in [1.165, 1.54) is 0 Å². The van der Waals surface area contributed by atoms with Gasteiger partial charge in [-0.15, -0.1) is 0 Å². The molecule has 0 spiro atoms. The van der Waals surface area contributed by atoms with Crippen molar-refractivity contribution in [1.29, 1.82) is 0 Å². The minimum atomic E-state index is 0.111. The van der Waals surface area contributed by atoms with Crippen LogP contribution in [0.4, 0.5) is 0 Å². The summed E-state index contributed by atoms with van der Waals surface area (Å²) in [7, 11) is 3.78. The molecule has 0 N–H and O–H groups in total. The molecule has 1 heterocycles. The average Bonchev–Trinajstić information content (AvgIpc) is 2.89. The summed E-state index contributed by atoms with van der Waals surface area (Å²) < 4.78 is 7.75. The Morgan fingerprint density at radius 1 is 1.30 bits per heavy atom. The van der Waals surface area contributed by atoms with Crippen LogP contribution in [0.25, 0.3) is 0 Å². The van der Waals surface area contributed by atoms with Crippen LogP contribution in [-0.2, 0) is 0 Å². The lowest BCUT2D eigenvalue weighted by atomic mass is 10.1. The summed E-state index contributed by atoms with van der Waals surface area (Å²) in [6, 6.07) is 7.89. The Morgan fingerprint density at radius 2 is 2.05 bits per heavy atom. The van der Waals surface area contributed by atoms with Gasteiger partial charge in [-0.2, -0.15) is 5.10 Å². The zero-order valence-electron chi connectivity index (χ0n) is 12.3. The summed E-state index contributed by atoms with van der Waals surface area (Å²) >= 11 is 0. The van der Waals surface area contributed by atoms with E-state index in [-0.39, 0.29) is 6.10 Å². The molecule has 2 rings (SSSR count). The van der Waals surface area contributed by atoms with Crippen molar-refractivity contribution in [2.24, 2.45) is 5.10 Å². The zero-order valence-corrected chi connectivity index (χ0v) is 12.3. The molecule has 106 valence electrons. The van der Waals surface area contributed by atoms with E-state index < -0.39 is 0 Å². The number of aromatic nitrogens is 2. The first kappa shape index (κ1) is 14.1. The van der Waals surface area contributed by atoms with Crippen molar-refractivity contribution in [1.82, 2.24) is 14.6 Å². The van der Waals surface area contributed by atoms with Crippen molar-refractivity contribution in [3.05, 3.63) is 48.5 Å². The maximum atomic E-state index is 5.87. The highest BCUT2D eigenvalue weighted by Crippen LogP contribution is 2.21. The minimum absolute atomic E-state index is 0.111. The average molecular weight is 272 g/mol. The molecule has 1 aromatic heterocycles. The number of nitrogens with zero attached hydrogens (tertiary/aromatic N) is 4. The van der Waals surface area contributed by atoms with Crippen molar-refractivity contribution in [3.8, 4) is 5.75 Å². The van der Waals surface area contributed by atoms with Gasteiger partial charge in [-0.25, -0.2) is 4.98 Å². The van der Waals surface area contributed by atoms with Crippen molar-refractivity contribution in [2.45, 2.75) is 20.0 Å². The Kier molecular flexibility index (Phi) is 4.40. The van der Waals surface area contributed by atoms with E-state index in [0.29, 0.717) is 0 Å². The summed E-state index contributed by atoms with van der Waals surface area (Å²) in [5.74, 6) is 1.60. The quantitative estimate of drug-likeness (QED) is 0.488.